The van der Waals surface area contributed by atoms with E-state index < -0.39 is 0 Å². The number of fused-ring (bicyclic) bond motifs is 2. The molecule has 3 aliphatic heterocycles. The lowest BCUT2D eigenvalue weighted by Crippen LogP contribution is -2.37. The first-order chi connectivity index (χ1) is 19.0. The number of likely N-dealkylation sites (tertiary alicyclic amines) is 2. The molecule has 1 amide bonds. The van der Waals surface area contributed by atoms with Crippen LogP contribution in [0.1, 0.15) is 48.4 Å². The SMILES string of the molecule is C=CC(=O)N1CCC(c2nc(OC[C@@H]3CCCN3C)nc3c2CC=C(c2cccc4cccc(Cl)c24)O3)CC1. The maximum absolute atomic E-state index is 12.1. The van der Waals surface area contributed by atoms with E-state index in [0.29, 0.717) is 49.1 Å². The summed E-state index contributed by atoms with van der Waals surface area (Å²) >= 11 is 6.63. The summed E-state index contributed by atoms with van der Waals surface area (Å²) in [4.78, 5) is 26.0. The van der Waals surface area contributed by atoms with E-state index in [1.165, 1.54) is 12.5 Å². The van der Waals surface area contributed by atoms with E-state index >= 15 is 0 Å². The Bertz CT molecular complexity index is 1440. The predicted octanol–water partition coefficient (Wildman–Crippen LogP) is 5.62. The molecule has 3 aliphatic rings. The molecule has 0 bridgehead atoms. The van der Waals surface area contributed by atoms with Gasteiger partial charge in [0.1, 0.15) is 12.4 Å². The number of rotatable bonds is 6. The molecule has 2 saturated heterocycles. The molecule has 0 saturated carbocycles. The lowest BCUT2D eigenvalue weighted by Gasteiger charge is -2.32. The van der Waals surface area contributed by atoms with Crippen molar-refractivity contribution in [1.82, 2.24) is 19.8 Å². The molecule has 0 N–H and O–H groups in total. The fourth-order valence-corrected chi connectivity index (χ4v) is 6.29. The third kappa shape index (κ3) is 5.13. The topological polar surface area (TPSA) is 67.8 Å². The number of allylic oxidation sites excluding steroid dienone is 1. The van der Waals surface area contributed by atoms with Gasteiger partial charge in [-0.2, -0.15) is 9.97 Å². The fourth-order valence-electron chi connectivity index (χ4n) is 6.01. The van der Waals surface area contributed by atoms with Crippen molar-refractivity contribution in [2.24, 2.45) is 0 Å². The van der Waals surface area contributed by atoms with Gasteiger partial charge in [0.15, 0.2) is 0 Å². The van der Waals surface area contributed by atoms with Gasteiger partial charge in [0.05, 0.1) is 5.69 Å². The monoisotopic (exact) mass is 544 g/mol. The summed E-state index contributed by atoms with van der Waals surface area (Å²) in [6.07, 6.45) is 8.06. The lowest BCUT2D eigenvalue weighted by atomic mass is 9.89. The molecular formula is C31H33ClN4O3. The average molecular weight is 545 g/mol. The summed E-state index contributed by atoms with van der Waals surface area (Å²) in [6, 6.07) is 12.7. The Balaban J connectivity index is 1.32. The molecule has 6 rings (SSSR count). The van der Waals surface area contributed by atoms with Crippen LogP contribution in [0.5, 0.6) is 11.9 Å². The Morgan fingerprint density at radius 2 is 1.95 bits per heavy atom. The first-order valence-electron chi connectivity index (χ1n) is 13.7. The highest BCUT2D eigenvalue weighted by molar-refractivity contribution is 6.36. The van der Waals surface area contributed by atoms with Gasteiger partial charge >= 0.3 is 6.01 Å². The number of nitrogens with zero attached hydrogens (tertiary/aromatic N) is 4. The number of piperidine rings is 1. The van der Waals surface area contributed by atoms with Crippen molar-refractivity contribution in [2.75, 3.05) is 33.3 Å². The number of likely N-dealkylation sites (N-methyl/N-ethyl adjacent to an activating group) is 1. The lowest BCUT2D eigenvalue weighted by molar-refractivity contribution is -0.127. The van der Waals surface area contributed by atoms with Crippen molar-refractivity contribution < 1.29 is 14.3 Å². The van der Waals surface area contributed by atoms with Crippen molar-refractivity contribution in [3.63, 3.8) is 0 Å². The van der Waals surface area contributed by atoms with Crippen LogP contribution in [0.15, 0.2) is 55.1 Å². The molecule has 8 heteroatoms. The van der Waals surface area contributed by atoms with Crippen LogP contribution in [-0.4, -0.2) is 65.0 Å². The largest absolute Gasteiger partial charge is 0.462 e. The summed E-state index contributed by atoms with van der Waals surface area (Å²) in [5.74, 6) is 1.45. The molecule has 1 atom stereocenters. The Kier molecular flexibility index (Phi) is 7.28. The average Bonchev–Trinajstić information content (AvgIpc) is 3.39. The Morgan fingerprint density at radius 1 is 1.15 bits per heavy atom. The second kappa shape index (κ2) is 11.0. The van der Waals surface area contributed by atoms with Gasteiger partial charge in [-0.3, -0.25) is 4.79 Å². The minimum Gasteiger partial charge on any atom is -0.462 e. The number of carbonyl (C=O) groups excluding carboxylic acids is 1. The summed E-state index contributed by atoms with van der Waals surface area (Å²) in [5.41, 5.74) is 2.89. The number of hydrogen-bond donors (Lipinski definition) is 0. The summed E-state index contributed by atoms with van der Waals surface area (Å²) in [7, 11) is 2.13. The molecule has 2 aromatic carbocycles. The number of hydrogen-bond acceptors (Lipinski definition) is 6. The van der Waals surface area contributed by atoms with Gasteiger partial charge in [-0.1, -0.05) is 48.5 Å². The molecular weight excluding hydrogens is 512 g/mol. The summed E-state index contributed by atoms with van der Waals surface area (Å²) < 4.78 is 12.7. The van der Waals surface area contributed by atoms with Crippen LogP contribution in [0.2, 0.25) is 5.02 Å². The van der Waals surface area contributed by atoms with Crippen molar-refractivity contribution in [2.45, 2.75) is 44.1 Å². The van der Waals surface area contributed by atoms with Gasteiger partial charge < -0.3 is 19.3 Å². The highest BCUT2D eigenvalue weighted by Crippen LogP contribution is 2.40. The van der Waals surface area contributed by atoms with Gasteiger partial charge in [0.25, 0.3) is 0 Å². The summed E-state index contributed by atoms with van der Waals surface area (Å²) in [6.45, 7) is 6.61. The smallest absolute Gasteiger partial charge is 0.320 e. The van der Waals surface area contributed by atoms with Gasteiger partial charge in [0.2, 0.25) is 11.8 Å². The number of carbonyl (C=O) groups is 1. The molecule has 39 heavy (non-hydrogen) atoms. The molecule has 3 aromatic rings. The third-order valence-corrected chi connectivity index (χ3v) is 8.56. The number of ether oxygens (including phenoxy) is 2. The standard InChI is InChI=1S/C31H33ClN4O3/c1-3-27(37)36-17-14-21(15-18-36)29-24-12-13-26(23-10-4-7-20-8-5-11-25(32)28(20)23)39-30(24)34-31(33-29)38-19-22-9-6-16-35(22)2/h3-5,7-8,10-11,13,21-22H,1,6,9,12,14-19H2,2H3/t22-/m0/s1. The van der Waals surface area contributed by atoms with Crippen LogP contribution < -0.4 is 9.47 Å². The van der Waals surface area contributed by atoms with Crippen LogP contribution in [0, 0.1) is 0 Å². The maximum atomic E-state index is 12.1. The first-order valence-corrected chi connectivity index (χ1v) is 14.1. The zero-order chi connectivity index (χ0) is 26.9. The van der Waals surface area contributed by atoms with Gasteiger partial charge in [0, 0.05) is 53.0 Å². The summed E-state index contributed by atoms with van der Waals surface area (Å²) in [5, 5.41) is 2.71. The molecule has 0 aliphatic carbocycles. The second-order valence-electron chi connectivity index (χ2n) is 10.6. The van der Waals surface area contributed by atoms with Crippen molar-refractivity contribution in [1.29, 1.82) is 0 Å². The highest BCUT2D eigenvalue weighted by atomic mass is 35.5. The van der Waals surface area contributed by atoms with Crippen LogP contribution in [0.3, 0.4) is 0 Å². The van der Waals surface area contributed by atoms with Crippen LogP contribution in [-0.2, 0) is 11.2 Å². The molecule has 0 radical (unpaired) electrons. The van der Waals surface area contributed by atoms with E-state index in [4.69, 9.17) is 31.0 Å². The number of benzene rings is 2. The third-order valence-electron chi connectivity index (χ3n) is 8.24. The normalized spacial score (nSPS) is 19.9. The zero-order valence-corrected chi connectivity index (χ0v) is 23.0. The number of halogens is 1. The fraction of sp³-hybridized carbons (Fsp3) is 0.387. The zero-order valence-electron chi connectivity index (χ0n) is 22.2. The van der Waals surface area contributed by atoms with Crippen molar-refractivity contribution in [3.05, 3.63) is 77.0 Å². The minimum absolute atomic E-state index is 0.0208. The van der Waals surface area contributed by atoms with E-state index in [0.717, 1.165) is 59.2 Å². The first kappa shape index (κ1) is 25.8. The molecule has 202 valence electrons. The Labute approximate surface area is 234 Å². The Morgan fingerprint density at radius 3 is 2.69 bits per heavy atom. The highest BCUT2D eigenvalue weighted by Gasteiger charge is 2.31. The van der Waals surface area contributed by atoms with Gasteiger partial charge in [-0.25, -0.2) is 0 Å². The van der Waals surface area contributed by atoms with Gasteiger partial charge in [-0.05, 0) is 62.9 Å². The van der Waals surface area contributed by atoms with E-state index in [-0.39, 0.29) is 11.8 Å². The van der Waals surface area contributed by atoms with E-state index in [1.54, 1.807) is 0 Å². The van der Waals surface area contributed by atoms with Crippen LogP contribution >= 0.6 is 11.6 Å². The molecule has 2 fully saturated rings. The van der Waals surface area contributed by atoms with E-state index in [9.17, 15) is 4.79 Å². The maximum Gasteiger partial charge on any atom is 0.320 e. The number of amides is 1. The molecule has 4 heterocycles. The van der Waals surface area contributed by atoms with Crippen LogP contribution in [0.25, 0.3) is 16.5 Å². The molecule has 7 nitrogen and oxygen atoms in total. The van der Waals surface area contributed by atoms with Crippen LogP contribution in [0.4, 0.5) is 0 Å². The van der Waals surface area contributed by atoms with E-state index in [2.05, 4.69) is 36.7 Å². The van der Waals surface area contributed by atoms with Crippen molar-refractivity contribution >= 4 is 34.0 Å². The Hall–Kier alpha value is -3.42. The van der Waals surface area contributed by atoms with Gasteiger partial charge in [-0.15, -0.1) is 0 Å². The molecule has 0 spiro atoms. The van der Waals surface area contributed by atoms with E-state index in [1.807, 2.05) is 29.2 Å². The second-order valence-corrected chi connectivity index (χ2v) is 11.0. The predicted molar refractivity (Wildman–Crippen MR) is 153 cm³/mol. The minimum atomic E-state index is -0.0208. The molecule has 1 aromatic heterocycles. The number of aromatic nitrogens is 2. The molecule has 0 unspecified atom stereocenters. The quantitative estimate of drug-likeness (QED) is 0.375. The van der Waals surface area contributed by atoms with Crippen molar-refractivity contribution in [3.8, 4) is 11.9 Å².